The first kappa shape index (κ1) is 29.8. The highest BCUT2D eigenvalue weighted by Gasteiger charge is 2.53. The van der Waals surface area contributed by atoms with E-state index in [4.69, 9.17) is 0 Å². The Morgan fingerprint density at radius 3 is 1.24 bits per heavy atom. The van der Waals surface area contributed by atoms with Gasteiger partial charge in [-0.3, -0.25) is 4.57 Å². The summed E-state index contributed by atoms with van der Waals surface area (Å²) in [4.78, 5) is 29.8. The normalized spacial score (nSPS) is 20.8. The largest absolute Gasteiger partial charge is 0.341 e. The summed E-state index contributed by atoms with van der Waals surface area (Å²) in [5.74, 6) is -1.71. The minimum absolute atomic E-state index is 0.221. The van der Waals surface area contributed by atoms with Crippen LogP contribution in [0.1, 0.15) is 33.4 Å². The van der Waals surface area contributed by atoms with Gasteiger partial charge in [0.1, 0.15) is 11.6 Å². The van der Waals surface area contributed by atoms with Gasteiger partial charge in [-0.25, -0.2) is 4.79 Å². The molecule has 3 atom stereocenters. The fraction of sp³-hybridized carbons (Fsp3) is 0.242. The Balaban J connectivity index is 1.56. The van der Waals surface area contributed by atoms with Gasteiger partial charge >= 0.3 is 6.03 Å². The van der Waals surface area contributed by atoms with E-state index in [0.29, 0.717) is 12.8 Å². The Labute approximate surface area is 258 Å². The Hall–Kier alpha value is -2.70. The van der Waals surface area contributed by atoms with Gasteiger partial charge in [-0.1, -0.05) is 141 Å². The summed E-state index contributed by atoms with van der Waals surface area (Å²) in [5.41, 5.74) is 5.95. The third kappa shape index (κ3) is 7.03. The molecule has 0 spiro atoms. The Morgan fingerprint density at radius 1 is 0.561 bits per heavy atom. The van der Waals surface area contributed by atoms with Gasteiger partial charge in [0.05, 0.1) is 0 Å². The Morgan fingerprint density at radius 2 is 0.902 bits per heavy atom. The molecule has 2 amide bonds. The monoisotopic (exact) mass is 694 g/mol. The molecule has 0 bridgehead atoms. The summed E-state index contributed by atoms with van der Waals surface area (Å²) in [5, 5.41) is 1.47. The lowest BCUT2D eigenvalue weighted by molar-refractivity contribution is 0.112. The molecular formula is C33H33Br2N2O3P. The van der Waals surface area contributed by atoms with Gasteiger partial charge < -0.3 is 14.7 Å². The van der Waals surface area contributed by atoms with E-state index in [9.17, 15) is 14.3 Å². The van der Waals surface area contributed by atoms with Crippen molar-refractivity contribution in [2.45, 2.75) is 48.2 Å². The molecule has 212 valence electrons. The topological polar surface area (TPSA) is 60.9 Å². The predicted octanol–water partition coefficient (Wildman–Crippen LogP) is 8.32. The van der Waals surface area contributed by atoms with Gasteiger partial charge in [0.15, 0.2) is 0 Å². The third-order valence-corrected chi connectivity index (χ3v) is 11.6. The van der Waals surface area contributed by atoms with Crippen molar-refractivity contribution in [3.63, 3.8) is 0 Å². The van der Waals surface area contributed by atoms with Gasteiger partial charge in [-0.15, -0.1) is 0 Å². The zero-order chi connectivity index (χ0) is 28.8. The lowest BCUT2D eigenvalue weighted by atomic mass is 10.1. The molecule has 4 aromatic carbocycles. The van der Waals surface area contributed by atoms with Gasteiger partial charge in [-0.05, 0) is 33.4 Å². The summed E-state index contributed by atoms with van der Waals surface area (Å²) < 4.78 is 14.8. The number of amides is 2. The van der Waals surface area contributed by atoms with Crippen LogP contribution in [0, 0.1) is 0 Å². The van der Waals surface area contributed by atoms with Crippen LogP contribution in [0.2, 0.25) is 0 Å². The van der Waals surface area contributed by atoms with Gasteiger partial charge in [0.25, 0.3) is 0 Å². The van der Waals surface area contributed by atoms with E-state index in [2.05, 4.69) is 31.9 Å². The maximum Gasteiger partial charge on any atom is 0.322 e. The van der Waals surface area contributed by atoms with E-state index >= 15 is 0 Å². The molecule has 0 saturated carbocycles. The van der Waals surface area contributed by atoms with Crippen LogP contribution in [0.15, 0.2) is 109 Å². The van der Waals surface area contributed by atoms with E-state index in [0.717, 1.165) is 44.0 Å². The molecule has 1 unspecified atom stereocenters. The van der Waals surface area contributed by atoms with Crippen molar-refractivity contribution in [2.24, 2.45) is 0 Å². The highest BCUT2D eigenvalue weighted by molar-refractivity contribution is 9.08. The fourth-order valence-corrected chi connectivity index (χ4v) is 8.61. The zero-order valence-electron chi connectivity index (χ0n) is 22.7. The summed E-state index contributed by atoms with van der Waals surface area (Å²) in [6, 6.07) is 35.2. The summed E-state index contributed by atoms with van der Waals surface area (Å²) in [6.45, 7) is 0.501. The van der Waals surface area contributed by atoms with Crippen LogP contribution in [0.4, 0.5) is 4.79 Å². The second-order valence-corrected chi connectivity index (χ2v) is 14.1. The molecule has 1 N–H and O–H groups in total. The van der Waals surface area contributed by atoms with Crippen LogP contribution in [-0.2, 0) is 41.2 Å². The first-order chi connectivity index (χ1) is 19.9. The van der Waals surface area contributed by atoms with E-state index in [1.165, 1.54) is 0 Å². The Bertz CT molecular complexity index is 1380. The van der Waals surface area contributed by atoms with Crippen LogP contribution in [0.5, 0.6) is 0 Å². The minimum atomic E-state index is -3.98. The number of rotatable bonds is 10. The molecule has 1 saturated heterocycles. The average molecular weight is 696 g/mol. The maximum absolute atomic E-state index is 14.8. The SMILES string of the molecule is O=C1N(Cc2ccc(CBr)cc2)[C@@H](Cc2ccccc2)P(=O)(O)[C@@H](Cc2ccccc2)N1Cc1ccc(CBr)cc1. The first-order valence-electron chi connectivity index (χ1n) is 13.6. The molecule has 1 aliphatic rings. The lowest BCUT2D eigenvalue weighted by Crippen LogP contribution is -2.58. The number of carbonyl (C=O) groups excluding carboxylic acids is 1. The van der Waals surface area contributed by atoms with Crippen LogP contribution in [-0.4, -0.2) is 32.3 Å². The molecule has 1 heterocycles. The molecule has 0 aromatic heterocycles. The van der Waals surface area contributed by atoms with Gasteiger partial charge in [-0.2, -0.15) is 0 Å². The van der Waals surface area contributed by atoms with E-state index in [1.54, 1.807) is 9.80 Å². The van der Waals surface area contributed by atoms with Crippen molar-refractivity contribution in [1.29, 1.82) is 0 Å². The highest BCUT2D eigenvalue weighted by Crippen LogP contribution is 2.59. The maximum atomic E-state index is 14.8. The molecule has 41 heavy (non-hydrogen) atoms. The zero-order valence-corrected chi connectivity index (χ0v) is 26.7. The number of benzene rings is 4. The van der Waals surface area contributed by atoms with Crippen LogP contribution in [0.25, 0.3) is 0 Å². The molecular weight excluding hydrogens is 663 g/mol. The predicted molar refractivity (Wildman–Crippen MR) is 172 cm³/mol. The van der Waals surface area contributed by atoms with Crippen molar-refractivity contribution in [3.05, 3.63) is 143 Å². The van der Waals surface area contributed by atoms with Crippen molar-refractivity contribution in [2.75, 3.05) is 0 Å². The van der Waals surface area contributed by atoms with Gasteiger partial charge in [0.2, 0.25) is 7.37 Å². The number of urea groups is 1. The molecule has 4 aromatic rings. The fourth-order valence-electron chi connectivity index (χ4n) is 5.36. The quantitative estimate of drug-likeness (QED) is 0.134. The molecule has 8 heteroatoms. The smallest absolute Gasteiger partial charge is 0.322 e. The second kappa shape index (κ2) is 13.5. The number of halogens is 2. The molecule has 5 rings (SSSR count). The van der Waals surface area contributed by atoms with Crippen molar-refractivity contribution in [3.8, 4) is 0 Å². The highest BCUT2D eigenvalue weighted by atomic mass is 79.9. The minimum Gasteiger partial charge on any atom is -0.341 e. The lowest BCUT2D eigenvalue weighted by Gasteiger charge is -2.49. The standard InChI is InChI=1S/C33H33Br2N2O3P/c34-21-27-11-15-29(16-12-27)23-36-31(19-25-7-3-1-4-8-25)41(39,40)32(20-26-9-5-2-6-10-26)37(33(36)38)24-30-17-13-28(22-35)14-18-30/h1-18,31-32H,19-24H2,(H,39,40)/t31-,32+. The summed E-state index contributed by atoms with van der Waals surface area (Å²) in [6.07, 6.45) is 0.609. The summed E-state index contributed by atoms with van der Waals surface area (Å²) >= 11 is 6.98. The number of hydrogen-bond acceptors (Lipinski definition) is 2. The van der Waals surface area contributed by atoms with E-state index in [-0.39, 0.29) is 19.1 Å². The van der Waals surface area contributed by atoms with Crippen LogP contribution in [0.3, 0.4) is 0 Å². The molecule has 0 aliphatic carbocycles. The first-order valence-corrected chi connectivity index (χ1v) is 17.7. The number of nitrogens with zero attached hydrogens (tertiary/aromatic N) is 2. The summed E-state index contributed by atoms with van der Waals surface area (Å²) in [7, 11) is -3.98. The molecule has 0 radical (unpaired) electrons. The number of alkyl halides is 2. The average Bonchev–Trinajstić information content (AvgIpc) is 3.01. The molecule has 1 fully saturated rings. The molecule has 5 nitrogen and oxygen atoms in total. The van der Waals surface area contributed by atoms with Crippen LogP contribution >= 0.6 is 39.2 Å². The van der Waals surface area contributed by atoms with Crippen molar-refractivity contribution < 1.29 is 14.3 Å². The third-order valence-electron chi connectivity index (χ3n) is 7.65. The van der Waals surface area contributed by atoms with E-state index in [1.807, 2.05) is 109 Å². The van der Waals surface area contributed by atoms with Crippen LogP contribution < -0.4 is 0 Å². The Kier molecular flexibility index (Phi) is 9.82. The van der Waals surface area contributed by atoms with Crippen molar-refractivity contribution in [1.82, 2.24) is 9.80 Å². The number of carbonyl (C=O) groups is 1. The van der Waals surface area contributed by atoms with Crippen molar-refractivity contribution >= 4 is 45.3 Å². The number of hydrogen-bond donors (Lipinski definition) is 1. The van der Waals surface area contributed by atoms with E-state index < -0.39 is 18.9 Å². The van der Waals surface area contributed by atoms with Gasteiger partial charge in [0, 0.05) is 36.6 Å². The molecule has 1 aliphatic heterocycles. The second-order valence-electron chi connectivity index (χ2n) is 10.5.